The van der Waals surface area contributed by atoms with Gasteiger partial charge in [0.25, 0.3) is 0 Å². The number of benzene rings is 1. The van der Waals surface area contributed by atoms with E-state index >= 15 is 0 Å². The molecule has 0 radical (unpaired) electrons. The molecule has 0 spiro atoms. The topological polar surface area (TPSA) is 25.8 Å². The van der Waals surface area contributed by atoms with E-state index in [9.17, 15) is 0 Å². The van der Waals surface area contributed by atoms with E-state index in [1.165, 1.54) is 37.7 Å². The summed E-state index contributed by atoms with van der Waals surface area (Å²) in [6, 6.07) is 8.84. The molecule has 1 saturated carbocycles. The lowest BCUT2D eigenvalue weighted by Crippen LogP contribution is -2.12. The van der Waals surface area contributed by atoms with Crippen LogP contribution in [0.3, 0.4) is 0 Å². The highest BCUT2D eigenvalue weighted by Crippen LogP contribution is 2.37. The van der Waals surface area contributed by atoms with Gasteiger partial charge in [-0.1, -0.05) is 36.4 Å². The van der Waals surface area contributed by atoms with E-state index in [1.54, 1.807) is 0 Å². The van der Waals surface area contributed by atoms with Crippen molar-refractivity contribution in [3.8, 4) is 11.4 Å². The molecule has 2 heteroatoms. The first-order valence-electron chi connectivity index (χ1n) is 8.93. The third kappa shape index (κ3) is 4.00. The zero-order valence-electron chi connectivity index (χ0n) is 14.3. The Kier molecular flexibility index (Phi) is 5.58. The maximum atomic E-state index is 4.47. The standard InChI is InChI=1S/C22H26N2/c1-3-5-17-7-9-19(10-8-17)20-11-13-21(14-12-20)22-23-15-18(6-4-2)16-24-22/h3-4,11-17,19H,1-2,5-10H2. The molecule has 24 heavy (non-hydrogen) atoms. The zero-order chi connectivity index (χ0) is 16.8. The predicted molar refractivity (Wildman–Crippen MR) is 101 cm³/mol. The lowest BCUT2D eigenvalue weighted by atomic mass is 9.77. The second-order valence-corrected chi connectivity index (χ2v) is 6.77. The molecule has 1 heterocycles. The largest absolute Gasteiger partial charge is 0.236 e. The molecular formula is C22H26N2. The molecule has 0 amide bonds. The van der Waals surface area contributed by atoms with Crippen molar-refractivity contribution in [2.75, 3.05) is 0 Å². The molecule has 0 unspecified atom stereocenters. The Hall–Kier alpha value is -2.22. The molecule has 2 nitrogen and oxygen atoms in total. The van der Waals surface area contributed by atoms with Crippen molar-refractivity contribution in [3.05, 3.63) is 73.1 Å². The van der Waals surface area contributed by atoms with Crippen LogP contribution in [0.5, 0.6) is 0 Å². The SMILES string of the molecule is C=CCc1cnc(-c2ccc(C3CCC(CC=C)CC3)cc2)nc1. The molecule has 2 aromatic rings. The van der Waals surface area contributed by atoms with Crippen LogP contribution in [0.4, 0.5) is 0 Å². The first-order valence-corrected chi connectivity index (χ1v) is 8.93. The summed E-state index contributed by atoms with van der Waals surface area (Å²) in [6.07, 6.45) is 14.9. The van der Waals surface area contributed by atoms with Crippen LogP contribution < -0.4 is 0 Å². The van der Waals surface area contributed by atoms with Gasteiger partial charge in [0.1, 0.15) is 0 Å². The van der Waals surface area contributed by atoms with Crippen molar-refractivity contribution >= 4 is 0 Å². The first-order chi connectivity index (χ1) is 11.8. The van der Waals surface area contributed by atoms with Gasteiger partial charge in [-0.25, -0.2) is 9.97 Å². The van der Waals surface area contributed by atoms with Crippen LogP contribution in [-0.2, 0) is 6.42 Å². The number of nitrogens with zero attached hydrogens (tertiary/aromatic N) is 2. The second-order valence-electron chi connectivity index (χ2n) is 6.77. The number of hydrogen-bond acceptors (Lipinski definition) is 2. The van der Waals surface area contributed by atoms with Crippen LogP contribution in [0.15, 0.2) is 62.0 Å². The van der Waals surface area contributed by atoms with Crippen molar-refractivity contribution in [3.63, 3.8) is 0 Å². The van der Waals surface area contributed by atoms with Gasteiger partial charge in [0.05, 0.1) is 0 Å². The van der Waals surface area contributed by atoms with Crippen LogP contribution in [-0.4, -0.2) is 9.97 Å². The molecule has 0 aliphatic heterocycles. The third-order valence-corrected chi connectivity index (χ3v) is 5.07. The Morgan fingerprint density at radius 2 is 1.58 bits per heavy atom. The molecule has 1 aromatic heterocycles. The molecule has 1 fully saturated rings. The number of allylic oxidation sites excluding steroid dienone is 2. The van der Waals surface area contributed by atoms with Gasteiger partial charge in [-0.3, -0.25) is 0 Å². The molecule has 0 N–H and O–H groups in total. The summed E-state index contributed by atoms with van der Waals surface area (Å²) >= 11 is 0. The fourth-order valence-electron chi connectivity index (χ4n) is 3.65. The first kappa shape index (κ1) is 16.6. The Morgan fingerprint density at radius 3 is 2.17 bits per heavy atom. The summed E-state index contributed by atoms with van der Waals surface area (Å²) < 4.78 is 0. The van der Waals surface area contributed by atoms with Gasteiger partial charge >= 0.3 is 0 Å². The monoisotopic (exact) mass is 318 g/mol. The molecule has 1 aromatic carbocycles. The quantitative estimate of drug-likeness (QED) is 0.636. The second kappa shape index (κ2) is 8.05. The van der Waals surface area contributed by atoms with Crippen LogP contribution in [0.2, 0.25) is 0 Å². The van der Waals surface area contributed by atoms with Crippen LogP contribution in [0, 0.1) is 5.92 Å². The summed E-state index contributed by atoms with van der Waals surface area (Å²) in [6.45, 7) is 7.61. The minimum Gasteiger partial charge on any atom is -0.236 e. The third-order valence-electron chi connectivity index (χ3n) is 5.07. The summed E-state index contributed by atoms with van der Waals surface area (Å²) in [4.78, 5) is 8.94. The molecular weight excluding hydrogens is 292 g/mol. The fraction of sp³-hybridized carbons (Fsp3) is 0.364. The van der Waals surface area contributed by atoms with E-state index in [-0.39, 0.29) is 0 Å². The molecule has 0 atom stereocenters. The van der Waals surface area contributed by atoms with Crippen molar-refractivity contribution in [2.24, 2.45) is 5.92 Å². The average Bonchev–Trinajstić information content (AvgIpc) is 2.64. The number of hydrogen-bond donors (Lipinski definition) is 0. The van der Waals surface area contributed by atoms with Gasteiger partial charge in [-0.15, -0.1) is 13.2 Å². The van der Waals surface area contributed by atoms with Crippen LogP contribution >= 0.6 is 0 Å². The van der Waals surface area contributed by atoms with Crippen molar-refractivity contribution in [2.45, 2.75) is 44.4 Å². The summed E-state index contributed by atoms with van der Waals surface area (Å²) in [5.41, 5.74) is 3.64. The van der Waals surface area contributed by atoms with Crippen LogP contribution in [0.1, 0.15) is 49.1 Å². The maximum Gasteiger partial charge on any atom is 0.159 e. The number of rotatable bonds is 6. The summed E-state index contributed by atoms with van der Waals surface area (Å²) in [7, 11) is 0. The van der Waals surface area contributed by atoms with E-state index in [0.29, 0.717) is 5.92 Å². The van der Waals surface area contributed by atoms with E-state index in [4.69, 9.17) is 0 Å². The average molecular weight is 318 g/mol. The van der Waals surface area contributed by atoms with Crippen molar-refractivity contribution < 1.29 is 0 Å². The minimum atomic E-state index is 0.705. The number of aromatic nitrogens is 2. The van der Waals surface area contributed by atoms with Gasteiger partial charge in [0, 0.05) is 18.0 Å². The molecule has 1 aliphatic carbocycles. The smallest absolute Gasteiger partial charge is 0.159 e. The fourth-order valence-corrected chi connectivity index (χ4v) is 3.65. The predicted octanol–water partition coefficient (Wildman–Crippen LogP) is 5.72. The van der Waals surface area contributed by atoms with Gasteiger partial charge in [-0.2, -0.15) is 0 Å². The van der Waals surface area contributed by atoms with Crippen molar-refractivity contribution in [1.29, 1.82) is 0 Å². The Balaban J connectivity index is 1.65. The molecule has 124 valence electrons. The van der Waals surface area contributed by atoms with Gasteiger partial charge in [-0.05, 0) is 61.5 Å². The maximum absolute atomic E-state index is 4.47. The Labute approximate surface area is 145 Å². The van der Waals surface area contributed by atoms with E-state index < -0.39 is 0 Å². The Bertz CT molecular complexity index is 662. The highest BCUT2D eigenvalue weighted by atomic mass is 14.9. The van der Waals surface area contributed by atoms with Gasteiger partial charge in [0.15, 0.2) is 5.82 Å². The lowest BCUT2D eigenvalue weighted by molar-refractivity contribution is 0.328. The molecule has 1 aliphatic rings. The lowest BCUT2D eigenvalue weighted by Gasteiger charge is -2.28. The highest BCUT2D eigenvalue weighted by molar-refractivity contribution is 5.55. The van der Waals surface area contributed by atoms with Gasteiger partial charge in [0.2, 0.25) is 0 Å². The van der Waals surface area contributed by atoms with Crippen molar-refractivity contribution in [1.82, 2.24) is 9.97 Å². The highest BCUT2D eigenvalue weighted by Gasteiger charge is 2.21. The zero-order valence-corrected chi connectivity index (χ0v) is 14.3. The van der Waals surface area contributed by atoms with Crippen LogP contribution in [0.25, 0.3) is 11.4 Å². The van der Waals surface area contributed by atoms with E-state index in [0.717, 1.165) is 29.3 Å². The molecule has 0 bridgehead atoms. The van der Waals surface area contributed by atoms with Gasteiger partial charge < -0.3 is 0 Å². The Morgan fingerprint density at radius 1 is 0.917 bits per heavy atom. The van der Waals surface area contributed by atoms with E-state index in [1.807, 2.05) is 18.5 Å². The molecule has 3 rings (SSSR count). The summed E-state index contributed by atoms with van der Waals surface area (Å²) in [5.74, 6) is 2.35. The molecule has 0 saturated heterocycles. The van der Waals surface area contributed by atoms with E-state index in [2.05, 4.69) is 53.5 Å². The minimum absolute atomic E-state index is 0.705. The summed E-state index contributed by atoms with van der Waals surface area (Å²) in [5, 5.41) is 0. The normalized spacial score (nSPS) is 20.5.